The number of carbonyl (C=O) groups is 2. The third kappa shape index (κ3) is 4.91. The van der Waals surface area contributed by atoms with E-state index in [9.17, 15) is 9.59 Å². The average Bonchev–Trinajstić information content (AvgIpc) is 3.57. The van der Waals surface area contributed by atoms with Crippen molar-refractivity contribution in [1.29, 1.82) is 0 Å². The van der Waals surface area contributed by atoms with Gasteiger partial charge in [-0.25, -0.2) is 4.79 Å². The van der Waals surface area contributed by atoms with Gasteiger partial charge < -0.3 is 14.4 Å². The zero-order valence-corrected chi connectivity index (χ0v) is 17.5. The quantitative estimate of drug-likeness (QED) is 0.521. The van der Waals surface area contributed by atoms with Gasteiger partial charge in [0.1, 0.15) is 5.75 Å². The molecule has 1 heterocycles. The van der Waals surface area contributed by atoms with Gasteiger partial charge in [0, 0.05) is 12.6 Å². The first-order valence-corrected chi connectivity index (χ1v) is 10.1. The number of carbonyl (C=O) groups excluding carboxylic acids is 2. The zero-order valence-electron chi connectivity index (χ0n) is 17.5. The molecule has 1 aliphatic rings. The molecule has 8 heteroatoms. The van der Waals surface area contributed by atoms with Crippen LogP contribution in [0.5, 0.6) is 5.75 Å². The molecule has 1 saturated carbocycles. The first-order valence-electron chi connectivity index (χ1n) is 10.1. The maximum absolute atomic E-state index is 12.8. The van der Waals surface area contributed by atoms with Crippen LogP contribution in [0.4, 0.5) is 0 Å². The summed E-state index contributed by atoms with van der Waals surface area (Å²) < 4.78 is 10.5. The lowest BCUT2D eigenvalue weighted by atomic mass is 10.2. The molecule has 1 aliphatic carbocycles. The number of benzene rings is 2. The van der Waals surface area contributed by atoms with Gasteiger partial charge in [-0.1, -0.05) is 30.3 Å². The number of hydrogen-bond donors (Lipinski definition) is 0. The summed E-state index contributed by atoms with van der Waals surface area (Å²) in [5, 5.41) is 8.50. The summed E-state index contributed by atoms with van der Waals surface area (Å²) in [6.07, 6.45) is 1.92. The number of hydrogen-bond acceptors (Lipinski definition) is 6. The number of aryl methyl sites for hydroxylation is 1. The second-order valence-electron chi connectivity index (χ2n) is 7.44. The molecule has 0 atom stereocenters. The number of nitrogens with zero attached hydrogens (tertiary/aromatic N) is 4. The van der Waals surface area contributed by atoms with Crippen LogP contribution in [0, 0.1) is 6.92 Å². The Morgan fingerprint density at radius 3 is 2.42 bits per heavy atom. The van der Waals surface area contributed by atoms with Crippen molar-refractivity contribution in [3.8, 4) is 11.4 Å². The molecule has 4 rings (SSSR count). The molecule has 0 spiro atoms. The Morgan fingerprint density at radius 2 is 1.77 bits per heavy atom. The first-order chi connectivity index (χ1) is 15.0. The average molecular weight is 420 g/mol. The van der Waals surface area contributed by atoms with Crippen LogP contribution in [0.25, 0.3) is 5.69 Å². The second-order valence-corrected chi connectivity index (χ2v) is 7.44. The summed E-state index contributed by atoms with van der Waals surface area (Å²) in [6.45, 7) is 1.82. The monoisotopic (exact) mass is 420 g/mol. The predicted molar refractivity (Wildman–Crippen MR) is 113 cm³/mol. The van der Waals surface area contributed by atoms with Gasteiger partial charge in [-0.05, 0) is 49.6 Å². The van der Waals surface area contributed by atoms with Gasteiger partial charge in [0.25, 0.3) is 5.91 Å². The SMILES string of the molecule is COc1ccc(CN(C(=O)COC(=O)c2nn(-c3ccccc3)nc2C)C2CC2)cc1. The van der Waals surface area contributed by atoms with Crippen LogP contribution in [0.3, 0.4) is 0 Å². The molecule has 8 nitrogen and oxygen atoms in total. The number of ether oxygens (including phenoxy) is 2. The highest BCUT2D eigenvalue weighted by molar-refractivity contribution is 5.90. The molecule has 0 aliphatic heterocycles. The Balaban J connectivity index is 1.38. The molecule has 3 aromatic rings. The van der Waals surface area contributed by atoms with E-state index < -0.39 is 5.97 Å². The van der Waals surface area contributed by atoms with Crippen LogP contribution in [0.2, 0.25) is 0 Å². The van der Waals surface area contributed by atoms with Crippen LogP contribution >= 0.6 is 0 Å². The third-order valence-corrected chi connectivity index (χ3v) is 5.11. The summed E-state index contributed by atoms with van der Waals surface area (Å²) in [5.41, 5.74) is 2.28. The standard InChI is InChI=1S/C23H24N4O4/c1-16-22(25-27(24-16)19-6-4-3-5-7-19)23(29)31-15-21(28)26(18-10-11-18)14-17-8-12-20(30-2)13-9-17/h3-9,12-13,18H,10-11,14-15H2,1-2H3. The van der Waals surface area contributed by atoms with E-state index in [1.54, 1.807) is 18.9 Å². The topological polar surface area (TPSA) is 86.5 Å². The third-order valence-electron chi connectivity index (χ3n) is 5.11. The molecular weight excluding hydrogens is 396 g/mol. The number of methoxy groups -OCH3 is 1. The molecule has 1 aromatic heterocycles. The van der Waals surface area contributed by atoms with E-state index in [4.69, 9.17) is 9.47 Å². The Kier molecular flexibility index (Phi) is 5.97. The van der Waals surface area contributed by atoms with E-state index in [0.29, 0.717) is 12.2 Å². The molecule has 2 aromatic carbocycles. The second kappa shape index (κ2) is 8.99. The van der Waals surface area contributed by atoms with Crippen molar-refractivity contribution in [2.45, 2.75) is 32.4 Å². The van der Waals surface area contributed by atoms with Crippen LogP contribution in [-0.2, 0) is 16.1 Å². The Labute approximate surface area is 180 Å². The Morgan fingerprint density at radius 1 is 1.06 bits per heavy atom. The summed E-state index contributed by atoms with van der Waals surface area (Å²) in [5.74, 6) is -0.117. The lowest BCUT2D eigenvalue weighted by Gasteiger charge is -2.22. The van der Waals surface area contributed by atoms with Crippen LogP contribution in [0.15, 0.2) is 54.6 Å². The molecule has 0 unspecified atom stereocenters. The highest BCUT2D eigenvalue weighted by atomic mass is 16.5. The molecule has 1 fully saturated rings. The number of rotatable bonds is 8. The normalized spacial score (nSPS) is 13.0. The fraction of sp³-hybridized carbons (Fsp3) is 0.304. The van der Waals surface area contributed by atoms with Gasteiger partial charge in [-0.15, -0.1) is 5.10 Å². The van der Waals surface area contributed by atoms with E-state index in [2.05, 4.69) is 10.2 Å². The minimum Gasteiger partial charge on any atom is -0.497 e. The molecule has 0 radical (unpaired) electrons. The van der Waals surface area contributed by atoms with Crippen molar-refractivity contribution in [3.05, 3.63) is 71.5 Å². The lowest BCUT2D eigenvalue weighted by Crippen LogP contribution is -2.36. The molecule has 0 bridgehead atoms. The minimum atomic E-state index is -0.659. The summed E-state index contributed by atoms with van der Waals surface area (Å²) >= 11 is 0. The molecule has 31 heavy (non-hydrogen) atoms. The largest absolute Gasteiger partial charge is 0.497 e. The van der Waals surface area contributed by atoms with E-state index in [0.717, 1.165) is 29.8 Å². The minimum absolute atomic E-state index is 0.102. The van der Waals surface area contributed by atoms with Crippen LogP contribution in [-0.4, -0.2) is 51.5 Å². The fourth-order valence-corrected chi connectivity index (χ4v) is 3.26. The highest BCUT2D eigenvalue weighted by Gasteiger charge is 2.33. The van der Waals surface area contributed by atoms with Gasteiger partial charge in [-0.3, -0.25) is 4.79 Å². The number of amides is 1. The van der Waals surface area contributed by atoms with Crippen LogP contribution in [0.1, 0.15) is 34.6 Å². The number of esters is 1. The number of aromatic nitrogens is 3. The molecule has 1 amide bonds. The summed E-state index contributed by atoms with van der Waals surface area (Å²) in [4.78, 5) is 28.5. The summed E-state index contributed by atoms with van der Waals surface area (Å²) in [7, 11) is 1.61. The van der Waals surface area contributed by atoms with E-state index >= 15 is 0 Å². The van der Waals surface area contributed by atoms with Crippen molar-refractivity contribution in [2.24, 2.45) is 0 Å². The van der Waals surface area contributed by atoms with Gasteiger partial charge in [-0.2, -0.15) is 9.90 Å². The Hall–Kier alpha value is -3.68. The van der Waals surface area contributed by atoms with Crippen LogP contribution < -0.4 is 4.74 Å². The highest BCUT2D eigenvalue weighted by Crippen LogP contribution is 2.29. The predicted octanol–water partition coefficient (Wildman–Crippen LogP) is 2.93. The smallest absolute Gasteiger partial charge is 0.361 e. The first kappa shape index (κ1) is 20.6. The van der Waals surface area contributed by atoms with E-state index in [-0.39, 0.29) is 24.2 Å². The molecule has 160 valence electrons. The van der Waals surface area contributed by atoms with Gasteiger partial charge in [0.15, 0.2) is 12.3 Å². The van der Waals surface area contributed by atoms with Crippen molar-refractivity contribution in [2.75, 3.05) is 13.7 Å². The van der Waals surface area contributed by atoms with Gasteiger partial charge in [0.2, 0.25) is 0 Å². The lowest BCUT2D eigenvalue weighted by molar-refractivity contribution is -0.135. The zero-order chi connectivity index (χ0) is 21.8. The maximum Gasteiger partial charge on any atom is 0.361 e. The molecular formula is C23H24N4O4. The van der Waals surface area contributed by atoms with Crippen molar-refractivity contribution in [1.82, 2.24) is 19.9 Å². The van der Waals surface area contributed by atoms with Crippen molar-refractivity contribution >= 4 is 11.9 Å². The molecule has 0 saturated heterocycles. The van der Waals surface area contributed by atoms with E-state index in [1.165, 1.54) is 4.80 Å². The van der Waals surface area contributed by atoms with Crippen molar-refractivity contribution in [3.63, 3.8) is 0 Å². The molecule has 0 N–H and O–H groups in total. The summed E-state index contributed by atoms with van der Waals surface area (Å²) in [6, 6.07) is 17.1. The van der Waals surface area contributed by atoms with E-state index in [1.807, 2.05) is 54.6 Å². The van der Waals surface area contributed by atoms with Crippen molar-refractivity contribution < 1.29 is 19.1 Å². The van der Waals surface area contributed by atoms with Gasteiger partial charge >= 0.3 is 5.97 Å². The number of para-hydroxylation sites is 1. The Bertz CT molecular complexity index is 1060. The fourth-order valence-electron chi connectivity index (χ4n) is 3.26. The van der Waals surface area contributed by atoms with Gasteiger partial charge in [0.05, 0.1) is 18.5 Å². The maximum atomic E-state index is 12.8.